The Balaban J connectivity index is 2.10. The lowest BCUT2D eigenvalue weighted by Crippen LogP contribution is -2.62. The van der Waals surface area contributed by atoms with Crippen LogP contribution >= 0.6 is 0 Å². The molecule has 0 aliphatic carbocycles. The van der Waals surface area contributed by atoms with Crippen LogP contribution in [0.1, 0.15) is 13.3 Å². The van der Waals surface area contributed by atoms with Gasteiger partial charge in [0.1, 0.15) is 0 Å². The van der Waals surface area contributed by atoms with Crippen molar-refractivity contribution >= 4 is 0 Å². The number of hydrogen-bond acceptors (Lipinski definition) is 4. The van der Waals surface area contributed by atoms with Crippen molar-refractivity contribution in [3.63, 3.8) is 0 Å². The molecule has 18 heavy (non-hydrogen) atoms. The summed E-state index contributed by atoms with van der Waals surface area (Å²) < 4.78 is 18.1. The molecule has 2 aliphatic heterocycles. The fraction of sp³-hybridized carbons (Fsp3) is 0.846. The molecule has 104 valence electrons. The Hall–Kier alpha value is -0.490. The molecule has 0 aromatic rings. The van der Waals surface area contributed by atoms with Gasteiger partial charge in [0.05, 0.1) is 24.6 Å². The summed E-state index contributed by atoms with van der Waals surface area (Å²) in [4.78, 5) is 4.57. The summed E-state index contributed by atoms with van der Waals surface area (Å²) in [5.74, 6) is 0. The zero-order chi connectivity index (χ0) is 13.2. The summed E-state index contributed by atoms with van der Waals surface area (Å²) in [5, 5.41) is 9.50. The number of halogens is 1. The number of methoxy groups -OCH3 is 1. The maximum atomic E-state index is 12.8. The molecule has 5 heteroatoms. The molecule has 2 aliphatic rings. The molecule has 0 saturated carbocycles. The second-order valence-corrected chi connectivity index (χ2v) is 5.61. The maximum absolute atomic E-state index is 12.8. The average Bonchev–Trinajstić information content (AvgIpc) is 2.66. The van der Waals surface area contributed by atoms with E-state index in [1.54, 1.807) is 14.0 Å². The minimum Gasteiger partial charge on any atom is -0.392 e. The summed E-state index contributed by atoms with van der Waals surface area (Å²) in [7, 11) is 1.69. The van der Waals surface area contributed by atoms with E-state index in [9.17, 15) is 9.50 Å². The molecule has 4 nitrogen and oxygen atoms in total. The van der Waals surface area contributed by atoms with E-state index in [1.165, 1.54) is 0 Å². The highest BCUT2D eigenvalue weighted by atomic mass is 19.1. The molecule has 1 N–H and O–H groups in total. The Morgan fingerprint density at radius 2 is 2.33 bits per heavy atom. The smallest absolute Gasteiger partial charge is 0.0872 e. The Bertz CT molecular complexity index is 322. The van der Waals surface area contributed by atoms with Crippen molar-refractivity contribution in [2.45, 2.75) is 25.0 Å². The van der Waals surface area contributed by atoms with E-state index in [0.29, 0.717) is 19.7 Å². The van der Waals surface area contributed by atoms with Crippen LogP contribution in [-0.2, 0) is 4.74 Å². The number of hydrogen-bond donors (Lipinski definition) is 1. The number of ether oxygens (including phenoxy) is 1. The van der Waals surface area contributed by atoms with Crippen LogP contribution in [0.2, 0.25) is 0 Å². The van der Waals surface area contributed by atoms with E-state index in [2.05, 4.69) is 9.80 Å². The van der Waals surface area contributed by atoms with Gasteiger partial charge in [0.25, 0.3) is 0 Å². The van der Waals surface area contributed by atoms with Gasteiger partial charge in [0, 0.05) is 39.8 Å². The van der Waals surface area contributed by atoms with Crippen LogP contribution in [0.3, 0.4) is 0 Å². The van der Waals surface area contributed by atoms with Crippen LogP contribution < -0.4 is 0 Å². The highest BCUT2D eigenvalue weighted by molar-refractivity contribution is 5.19. The number of piperazine rings is 1. The van der Waals surface area contributed by atoms with Gasteiger partial charge in [-0.25, -0.2) is 4.39 Å². The highest BCUT2D eigenvalue weighted by Gasteiger charge is 2.46. The molecule has 2 rings (SSSR count). The normalized spacial score (nSPS) is 33.9. The molecule has 0 aromatic carbocycles. The van der Waals surface area contributed by atoms with E-state index in [-0.39, 0.29) is 11.6 Å². The number of rotatable bonds is 4. The van der Waals surface area contributed by atoms with Crippen LogP contribution in [-0.4, -0.2) is 73.0 Å². The lowest BCUT2D eigenvalue weighted by Gasteiger charge is -2.46. The highest BCUT2D eigenvalue weighted by Crippen LogP contribution is 2.36. The predicted molar refractivity (Wildman–Crippen MR) is 68.1 cm³/mol. The molecule has 2 saturated heterocycles. The SMILES string of the molecule is COCC12C/C(=C\F)CN1CCN(C[C@H](C)O)C2. The van der Waals surface area contributed by atoms with Gasteiger partial charge in [0.2, 0.25) is 0 Å². The first kappa shape index (κ1) is 13.9. The van der Waals surface area contributed by atoms with Gasteiger partial charge < -0.3 is 9.84 Å². The standard InChI is InChI=1S/C13H23FN2O2/c1-11(17)7-15-3-4-16-8-12(6-14)5-13(16,9-15)10-18-2/h6,11,17H,3-5,7-10H2,1-2H3/b12-6+/t11-,13?/m0/s1. The van der Waals surface area contributed by atoms with Crippen LogP contribution in [0.5, 0.6) is 0 Å². The monoisotopic (exact) mass is 258 g/mol. The van der Waals surface area contributed by atoms with Crippen LogP contribution in [0.15, 0.2) is 11.9 Å². The molecule has 0 aromatic heterocycles. The van der Waals surface area contributed by atoms with Crippen molar-refractivity contribution in [3.05, 3.63) is 11.9 Å². The molecular weight excluding hydrogens is 235 g/mol. The second-order valence-electron chi connectivity index (χ2n) is 5.61. The van der Waals surface area contributed by atoms with E-state index in [1.807, 2.05) is 0 Å². The molecule has 2 fully saturated rings. The van der Waals surface area contributed by atoms with Gasteiger partial charge in [-0.3, -0.25) is 9.80 Å². The molecule has 2 heterocycles. The zero-order valence-electron chi connectivity index (χ0n) is 11.2. The fourth-order valence-corrected chi connectivity index (χ4v) is 3.29. The molecule has 0 radical (unpaired) electrons. The summed E-state index contributed by atoms with van der Waals surface area (Å²) in [6, 6.07) is 0. The van der Waals surface area contributed by atoms with Gasteiger partial charge in [0.15, 0.2) is 0 Å². The molecule has 0 bridgehead atoms. The number of aliphatic hydroxyl groups excluding tert-OH is 1. The molecular formula is C13H23FN2O2. The lowest BCUT2D eigenvalue weighted by atomic mass is 9.93. The van der Waals surface area contributed by atoms with E-state index < -0.39 is 0 Å². The van der Waals surface area contributed by atoms with E-state index in [4.69, 9.17) is 4.74 Å². The van der Waals surface area contributed by atoms with Gasteiger partial charge >= 0.3 is 0 Å². The Labute approximate surface area is 108 Å². The number of nitrogens with zero attached hydrogens (tertiary/aromatic N) is 2. The maximum Gasteiger partial charge on any atom is 0.0872 e. The summed E-state index contributed by atoms with van der Waals surface area (Å²) in [6.45, 7) is 6.47. The topological polar surface area (TPSA) is 35.9 Å². The quantitative estimate of drug-likeness (QED) is 0.802. The van der Waals surface area contributed by atoms with Crippen LogP contribution in [0.4, 0.5) is 4.39 Å². The van der Waals surface area contributed by atoms with Gasteiger partial charge in [-0.2, -0.15) is 0 Å². The van der Waals surface area contributed by atoms with Gasteiger partial charge in [-0.1, -0.05) is 0 Å². The second kappa shape index (κ2) is 5.65. The molecule has 0 amide bonds. The first-order valence-electron chi connectivity index (χ1n) is 6.52. The van der Waals surface area contributed by atoms with Crippen molar-refractivity contribution in [2.75, 3.05) is 46.4 Å². The van der Waals surface area contributed by atoms with E-state index >= 15 is 0 Å². The van der Waals surface area contributed by atoms with Crippen molar-refractivity contribution in [1.29, 1.82) is 0 Å². The third-order valence-electron chi connectivity index (χ3n) is 3.91. The van der Waals surface area contributed by atoms with Crippen LogP contribution in [0.25, 0.3) is 0 Å². The van der Waals surface area contributed by atoms with Crippen molar-refractivity contribution in [3.8, 4) is 0 Å². The molecule has 2 atom stereocenters. The lowest BCUT2D eigenvalue weighted by molar-refractivity contribution is -0.0327. The number of aliphatic hydroxyl groups is 1. The van der Waals surface area contributed by atoms with Crippen LogP contribution in [0, 0.1) is 0 Å². The van der Waals surface area contributed by atoms with Crippen molar-refractivity contribution < 1.29 is 14.2 Å². The minimum absolute atomic E-state index is 0.111. The summed E-state index contributed by atoms with van der Waals surface area (Å²) in [5.41, 5.74) is 0.741. The van der Waals surface area contributed by atoms with Gasteiger partial charge in [-0.05, 0) is 18.9 Å². The summed E-state index contributed by atoms with van der Waals surface area (Å²) >= 11 is 0. The first-order valence-corrected chi connectivity index (χ1v) is 6.52. The Morgan fingerprint density at radius 3 is 2.94 bits per heavy atom. The minimum atomic E-state index is -0.325. The molecule has 0 spiro atoms. The van der Waals surface area contributed by atoms with Crippen molar-refractivity contribution in [2.24, 2.45) is 0 Å². The Morgan fingerprint density at radius 1 is 1.56 bits per heavy atom. The van der Waals surface area contributed by atoms with E-state index in [0.717, 1.165) is 38.0 Å². The zero-order valence-corrected chi connectivity index (χ0v) is 11.2. The third kappa shape index (κ3) is 2.74. The average molecular weight is 258 g/mol. The Kier molecular flexibility index (Phi) is 4.37. The summed E-state index contributed by atoms with van der Waals surface area (Å²) in [6.07, 6.45) is 1.15. The first-order chi connectivity index (χ1) is 8.59. The third-order valence-corrected chi connectivity index (χ3v) is 3.91. The van der Waals surface area contributed by atoms with Crippen molar-refractivity contribution in [1.82, 2.24) is 9.80 Å². The number of fused-ring (bicyclic) bond motifs is 1. The molecule has 1 unspecified atom stereocenters. The van der Waals surface area contributed by atoms with Gasteiger partial charge in [-0.15, -0.1) is 0 Å². The fourth-order valence-electron chi connectivity index (χ4n) is 3.29. The predicted octanol–water partition coefficient (Wildman–Crippen LogP) is 0.627. The number of β-amino-alcohol motifs (C(OH)–C–C–N with tert-alkyl or cyclic N) is 1. The largest absolute Gasteiger partial charge is 0.392 e.